The summed E-state index contributed by atoms with van der Waals surface area (Å²) in [6.45, 7) is 9.65. The van der Waals surface area contributed by atoms with Gasteiger partial charge in [-0.2, -0.15) is 0 Å². The number of carbonyl (C=O) groups excluding carboxylic acids is 4. The molecule has 99 heavy (non-hydrogen) atoms. The molecule has 0 amide bonds. The van der Waals surface area contributed by atoms with Crippen molar-refractivity contribution in [2.75, 3.05) is 39.6 Å². The van der Waals surface area contributed by atoms with E-state index in [0.717, 1.165) is 115 Å². The van der Waals surface area contributed by atoms with Crippen LogP contribution in [0.15, 0.2) is 0 Å². The molecule has 0 aliphatic rings. The number of ether oxygens (including phenoxy) is 4. The van der Waals surface area contributed by atoms with Gasteiger partial charge in [-0.15, -0.1) is 0 Å². The highest BCUT2D eigenvalue weighted by Crippen LogP contribution is 2.45. The largest absolute Gasteiger partial charge is 0.472 e. The average Bonchev–Trinajstić information content (AvgIpc) is 1.03. The lowest BCUT2D eigenvalue weighted by Crippen LogP contribution is -2.30. The molecule has 3 N–H and O–H groups in total. The summed E-state index contributed by atoms with van der Waals surface area (Å²) in [5, 5.41) is 10.6. The molecule has 0 aromatic rings. The minimum atomic E-state index is -4.96. The number of unbranched alkanes of at least 4 members (excludes halogenated alkanes) is 49. The molecule has 17 nitrogen and oxygen atoms in total. The summed E-state index contributed by atoms with van der Waals surface area (Å²) in [6, 6.07) is 0. The van der Waals surface area contributed by atoms with E-state index < -0.39 is 97.5 Å². The number of aliphatic hydroxyl groups excluding tert-OH is 1. The van der Waals surface area contributed by atoms with Crippen LogP contribution >= 0.6 is 15.6 Å². The molecule has 0 saturated heterocycles. The summed E-state index contributed by atoms with van der Waals surface area (Å²) in [5.74, 6) is -0.504. The lowest BCUT2D eigenvalue weighted by atomic mass is 10.0. The number of carbonyl (C=O) groups is 4. The van der Waals surface area contributed by atoms with Crippen molar-refractivity contribution >= 4 is 39.5 Å². The average molecular weight is 1450 g/mol. The Morgan fingerprint density at radius 1 is 0.273 bits per heavy atom. The van der Waals surface area contributed by atoms with Crippen LogP contribution < -0.4 is 0 Å². The molecular formula is C80H156O17P2. The molecule has 588 valence electrons. The Morgan fingerprint density at radius 3 is 0.687 bits per heavy atom. The fourth-order valence-electron chi connectivity index (χ4n) is 12.4. The predicted molar refractivity (Wildman–Crippen MR) is 405 cm³/mol. The minimum absolute atomic E-state index is 0.108. The van der Waals surface area contributed by atoms with Crippen LogP contribution in [0.25, 0.3) is 0 Å². The van der Waals surface area contributed by atoms with Crippen molar-refractivity contribution in [1.82, 2.24) is 0 Å². The molecule has 5 atom stereocenters. The zero-order chi connectivity index (χ0) is 72.8. The van der Waals surface area contributed by atoms with E-state index in [0.29, 0.717) is 25.7 Å². The van der Waals surface area contributed by atoms with Gasteiger partial charge in [0, 0.05) is 25.7 Å². The molecule has 0 fully saturated rings. The molecule has 0 aromatic carbocycles. The van der Waals surface area contributed by atoms with Gasteiger partial charge in [0.15, 0.2) is 12.2 Å². The van der Waals surface area contributed by atoms with E-state index in [2.05, 4.69) is 41.5 Å². The third-order valence-electron chi connectivity index (χ3n) is 18.7. The smallest absolute Gasteiger partial charge is 0.462 e. The first kappa shape index (κ1) is 97.1. The van der Waals surface area contributed by atoms with E-state index in [4.69, 9.17) is 37.0 Å². The molecular weight excluding hydrogens is 1290 g/mol. The number of phosphoric acid groups is 2. The van der Waals surface area contributed by atoms with Gasteiger partial charge in [-0.1, -0.05) is 369 Å². The van der Waals surface area contributed by atoms with Crippen LogP contribution in [-0.4, -0.2) is 96.7 Å². The SMILES string of the molecule is CCCCCCCCCCCCCCCCCCC(=O)O[C@H](COC(=O)CCCCCCCCC)COP(=O)(O)OC[C@H](O)COP(=O)(O)OC[C@@H](COC(=O)CCCCCCCCCCCCCCCCCC(C)C)OC(=O)CCCCCCCCCCCCCCCCCC(C)C. The number of aliphatic hydroxyl groups is 1. The maximum atomic E-state index is 13.1. The van der Waals surface area contributed by atoms with Gasteiger partial charge in [-0.3, -0.25) is 37.3 Å². The number of phosphoric ester groups is 2. The Morgan fingerprint density at radius 2 is 0.465 bits per heavy atom. The Labute approximate surface area is 607 Å². The number of hydrogen-bond donors (Lipinski definition) is 3. The summed E-state index contributed by atoms with van der Waals surface area (Å²) in [4.78, 5) is 72.9. The number of rotatable bonds is 79. The molecule has 0 radical (unpaired) electrons. The van der Waals surface area contributed by atoms with E-state index in [1.54, 1.807) is 0 Å². The third-order valence-corrected chi connectivity index (χ3v) is 20.6. The fourth-order valence-corrected chi connectivity index (χ4v) is 13.9. The maximum absolute atomic E-state index is 13.1. The van der Waals surface area contributed by atoms with Gasteiger partial charge in [-0.25, -0.2) is 9.13 Å². The molecule has 2 unspecified atom stereocenters. The molecule has 0 saturated carbocycles. The standard InChI is InChI=1S/C80H156O17P2/c1-7-9-11-13-15-16-17-18-19-24-30-35-40-46-52-58-64-79(84)96-75(68-90-77(82)62-56-50-42-14-12-10-8-2)70-94-98(86,87)92-66-74(81)67-93-99(88,89)95-71-76(97-80(85)65-59-53-47-41-36-31-26-21-23-28-33-38-44-49-55-61-73(5)6)69-91-78(83)63-57-51-45-39-34-29-25-20-22-27-32-37-43-48-54-60-72(3)4/h72-76,81H,7-71H2,1-6H3,(H,86,87)(H,88,89)/t74-,75+,76+/m0/s1. The van der Waals surface area contributed by atoms with Crippen LogP contribution in [-0.2, 0) is 65.4 Å². The lowest BCUT2D eigenvalue weighted by Gasteiger charge is -2.21. The van der Waals surface area contributed by atoms with E-state index in [9.17, 15) is 43.2 Å². The Hall–Kier alpha value is -1.94. The summed E-state index contributed by atoms with van der Waals surface area (Å²) < 4.78 is 68.6. The number of hydrogen-bond acceptors (Lipinski definition) is 15. The molecule has 0 rings (SSSR count). The minimum Gasteiger partial charge on any atom is -0.462 e. The van der Waals surface area contributed by atoms with Gasteiger partial charge in [0.2, 0.25) is 0 Å². The van der Waals surface area contributed by atoms with E-state index >= 15 is 0 Å². The van der Waals surface area contributed by atoms with Crippen molar-refractivity contribution in [2.24, 2.45) is 11.8 Å². The lowest BCUT2D eigenvalue weighted by molar-refractivity contribution is -0.161. The van der Waals surface area contributed by atoms with Crippen molar-refractivity contribution in [3.05, 3.63) is 0 Å². The van der Waals surface area contributed by atoms with E-state index in [1.807, 2.05) is 0 Å². The van der Waals surface area contributed by atoms with E-state index in [1.165, 1.54) is 225 Å². The van der Waals surface area contributed by atoms with Gasteiger partial charge >= 0.3 is 39.5 Å². The highest BCUT2D eigenvalue weighted by atomic mass is 31.2. The van der Waals surface area contributed by atoms with Crippen LogP contribution in [0.1, 0.15) is 420 Å². The van der Waals surface area contributed by atoms with Crippen molar-refractivity contribution in [2.45, 2.75) is 439 Å². The zero-order valence-corrected chi connectivity index (χ0v) is 66.6. The monoisotopic (exact) mass is 1450 g/mol. The fraction of sp³-hybridized carbons (Fsp3) is 0.950. The summed E-state index contributed by atoms with van der Waals surface area (Å²) >= 11 is 0. The quantitative estimate of drug-likeness (QED) is 0.0222. The van der Waals surface area contributed by atoms with Crippen LogP contribution in [0.2, 0.25) is 0 Å². The van der Waals surface area contributed by atoms with Crippen LogP contribution in [0, 0.1) is 11.8 Å². The van der Waals surface area contributed by atoms with Crippen molar-refractivity contribution < 1.29 is 80.2 Å². The molecule has 0 heterocycles. The molecule has 19 heteroatoms. The van der Waals surface area contributed by atoms with Crippen molar-refractivity contribution in [1.29, 1.82) is 0 Å². The van der Waals surface area contributed by atoms with Crippen molar-refractivity contribution in [3.63, 3.8) is 0 Å². The Balaban J connectivity index is 5.18. The third kappa shape index (κ3) is 74.1. The second kappa shape index (κ2) is 71.7. The first-order chi connectivity index (χ1) is 47.9. The highest BCUT2D eigenvalue weighted by Gasteiger charge is 2.30. The van der Waals surface area contributed by atoms with Crippen LogP contribution in [0.3, 0.4) is 0 Å². The molecule has 0 bridgehead atoms. The van der Waals surface area contributed by atoms with Crippen molar-refractivity contribution in [3.8, 4) is 0 Å². The predicted octanol–water partition coefficient (Wildman–Crippen LogP) is 23.9. The molecule has 0 aliphatic heterocycles. The second-order valence-corrected chi connectivity index (χ2v) is 32.7. The topological polar surface area (TPSA) is 237 Å². The summed E-state index contributed by atoms with van der Waals surface area (Å²) in [6.07, 6.45) is 61.2. The molecule has 0 spiro atoms. The summed E-state index contributed by atoms with van der Waals surface area (Å²) in [5.41, 5.74) is 0. The van der Waals surface area contributed by atoms with Crippen LogP contribution in [0.5, 0.6) is 0 Å². The zero-order valence-electron chi connectivity index (χ0n) is 64.8. The van der Waals surface area contributed by atoms with E-state index in [-0.39, 0.29) is 25.7 Å². The number of esters is 4. The van der Waals surface area contributed by atoms with Gasteiger partial charge in [0.05, 0.1) is 26.4 Å². The van der Waals surface area contributed by atoms with Gasteiger partial charge in [0.1, 0.15) is 19.3 Å². The van der Waals surface area contributed by atoms with Crippen LogP contribution in [0.4, 0.5) is 0 Å². The first-order valence-electron chi connectivity index (χ1n) is 41.5. The molecule has 0 aromatic heterocycles. The normalized spacial score (nSPS) is 13.9. The Kier molecular flexibility index (Phi) is 70.3. The first-order valence-corrected chi connectivity index (χ1v) is 44.5. The van der Waals surface area contributed by atoms with Gasteiger partial charge < -0.3 is 33.8 Å². The van der Waals surface area contributed by atoms with Gasteiger partial charge in [0.25, 0.3) is 0 Å². The molecule has 0 aliphatic carbocycles. The maximum Gasteiger partial charge on any atom is 0.472 e. The highest BCUT2D eigenvalue weighted by molar-refractivity contribution is 7.47. The summed E-state index contributed by atoms with van der Waals surface area (Å²) in [7, 11) is -9.91. The second-order valence-electron chi connectivity index (χ2n) is 29.8. The Bertz CT molecular complexity index is 1910. The van der Waals surface area contributed by atoms with Gasteiger partial charge in [-0.05, 0) is 37.5 Å².